The molecule has 0 fully saturated rings. The summed E-state index contributed by atoms with van der Waals surface area (Å²) in [4.78, 5) is 12.4. The van der Waals surface area contributed by atoms with E-state index in [1.54, 1.807) is 13.8 Å². The summed E-state index contributed by atoms with van der Waals surface area (Å²) in [5.74, 6) is 0. The van der Waals surface area contributed by atoms with E-state index < -0.39 is 77.6 Å². The van der Waals surface area contributed by atoms with Crippen LogP contribution in [0.1, 0.15) is 78.4 Å². The maximum atomic E-state index is 13.7. The van der Waals surface area contributed by atoms with Gasteiger partial charge in [0, 0.05) is 0 Å². The summed E-state index contributed by atoms with van der Waals surface area (Å²) in [6.45, 7) is 8.02. The predicted molar refractivity (Wildman–Crippen MR) is 162 cm³/mol. The Balaban J connectivity index is 3.00. The molecule has 1 amide bonds. The fraction of sp³-hybridized carbons (Fsp3) is 0.667. The van der Waals surface area contributed by atoms with Crippen molar-refractivity contribution in [1.82, 2.24) is 8.80 Å². The van der Waals surface area contributed by atoms with Gasteiger partial charge in [-0.1, -0.05) is 24.3 Å². The molecule has 44 heavy (non-hydrogen) atoms. The van der Waals surface area contributed by atoms with Crippen LogP contribution in [0.2, 0.25) is 0 Å². The van der Waals surface area contributed by atoms with Gasteiger partial charge in [-0.05, 0) is 12.5 Å². The average molecular weight is 701 g/mol. The van der Waals surface area contributed by atoms with Crippen molar-refractivity contribution in [3.63, 3.8) is 0 Å². The van der Waals surface area contributed by atoms with Crippen LogP contribution in [-0.4, -0.2) is 68.7 Å². The summed E-state index contributed by atoms with van der Waals surface area (Å²) in [6.07, 6.45) is -1.86. The van der Waals surface area contributed by atoms with Crippen molar-refractivity contribution in [3.05, 3.63) is 42.0 Å². The molecule has 1 aromatic carbocycles. The third-order valence-corrected chi connectivity index (χ3v) is 22.7. The Kier molecular flexibility index (Phi) is 13.0. The summed E-state index contributed by atoms with van der Waals surface area (Å²) in [7, 11) is -13.8. The first-order chi connectivity index (χ1) is 19.9. The van der Waals surface area contributed by atoms with Crippen LogP contribution in [0.3, 0.4) is 0 Å². The van der Waals surface area contributed by atoms with Gasteiger partial charge in [0.2, 0.25) is 0 Å². The van der Waals surface area contributed by atoms with Crippen LogP contribution in [0.5, 0.6) is 0 Å². The number of hydrogen-bond donors (Lipinski definition) is 1. The standard InChI is InChI=1S/C27H43F6N2O6PS2/c1-8-42(9-2,10-3,35(43(37,38)26(28,29)30)44(39,40)27(31,32)33)19-14-12-11-13-18-41-24(36)34-25(6,7)23-17-15-16-22(20-23)21(4)5/h15-17,20H,4,8-14,18-19H2,1-3,5-7H3,(H,34,36). The molecule has 0 aliphatic heterocycles. The number of halogens is 6. The van der Waals surface area contributed by atoms with E-state index in [2.05, 4.69) is 11.9 Å². The average Bonchev–Trinajstić information content (AvgIpc) is 2.90. The molecule has 0 aliphatic carbocycles. The minimum atomic E-state index is -6.92. The molecule has 0 saturated carbocycles. The monoisotopic (exact) mass is 700 g/mol. The van der Waals surface area contributed by atoms with Gasteiger partial charge in [-0.15, -0.1) is 0 Å². The quantitative estimate of drug-likeness (QED) is 0.107. The molecule has 1 rings (SSSR count). The number of ether oxygens (including phenoxy) is 1. The Morgan fingerprint density at radius 2 is 1.36 bits per heavy atom. The van der Waals surface area contributed by atoms with Crippen LogP contribution in [0.15, 0.2) is 30.8 Å². The van der Waals surface area contributed by atoms with Gasteiger partial charge >= 0.3 is 220 Å². The summed E-state index contributed by atoms with van der Waals surface area (Å²) < 4.78 is 136. The van der Waals surface area contributed by atoms with Gasteiger partial charge in [0.25, 0.3) is 0 Å². The third-order valence-electron chi connectivity index (χ3n) is 8.25. The van der Waals surface area contributed by atoms with Crippen molar-refractivity contribution in [2.45, 2.75) is 83.8 Å². The summed E-state index contributed by atoms with van der Waals surface area (Å²) >= 11 is 0. The molecule has 0 bridgehead atoms. The number of hydrogen-bond acceptors (Lipinski definition) is 6. The van der Waals surface area contributed by atoms with Crippen molar-refractivity contribution >= 4 is 38.5 Å². The Hall–Kier alpha value is -1.90. The molecule has 0 saturated heterocycles. The fourth-order valence-electron chi connectivity index (χ4n) is 5.16. The van der Waals surface area contributed by atoms with Crippen LogP contribution in [0.25, 0.3) is 5.57 Å². The van der Waals surface area contributed by atoms with Crippen molar-refractivity contribution < 1.29 is 52.7 Å². The number of carbonyl (C=O) groups is 1. The van der Waals surface area contributed by atoms with E-state index in [-0.39, 0.29) is 19.4 Å². The molecule has 1 aromatic rings. The van der Waals surface area contributed by atoms with E-state index in [9.17, 15) is 48.0 Å². The number of rotatable bonds is 16. The van der Waals surface area contributed by atoms with Crippen molar-refractivity contribution in [3.8, 4) is 0 Å². The van der Waals surface area contributed by atoms with Crippen molar-refractivity contribution in [2.24, 2.45) is 0 Å². The van der Waals surface area contributed by atoms with Crippen LogP contribution in [0.4, 0.5) is 31.1 Å². The molecule has 0 aliphatic rings. The molecule has 256 valence electrons. The number of unbranched alkanes of at least 4 members (excludes halogenated alkanes) is 3. The number of alkyl halides is 6. The zero-order valence-corrected chi connectivity index (χ0v) is 28.3. The molecule has 0 aromatic heterocycles. The third kappa shape index (κ3) is 8.47. The van der Waals surface area contributed by atoms with Crippen molar-refractivity contribution in [2.75, 3.05) is 31.3 Å². The van der Waals surface area contributed by atoms with Gasteiger partial charge in [-0.3, -0.25) is 0 Å². The molecule has 1 N–H and O–H groups in total. The molecular weight excluding hydrogens is 657 g/mol. The van der Waals surface area contributed by atoms with E-state index in [1.165, 1.54) is 20.8 Å². The predicted octanol–water partition coefficient (Wildman–Crippen LogP) is 7.77. The molecule has 0 radical (unpaired) electrons. The van der Waals surface area contributed by atoms with E-state index in [1.807, 2.05) is 31.2 Å². The van der Waals surface area contributed by atoms with Gasteiger partial charge in [-0.25, -0.2) is 0 Å². The second-order valence-corrected chi connectivity index (χ2v) is 22.2. The Bertz CT molecular complexity index is 1340. The number of benzene rings is 1. The van der Waals surface area contributed by atoms with Crippen LogP contribution in [0, 0.1) is 0 Å². The van der Waals surface area contributed by atoms with Crippen molar-refractivity contribution in [1.29, 1.82) is 0 Å². The number of carbonyl (C=O) groups excluding carboxylic acids is 1. The SMILES string of the molecule is C=C(C)c1cccc(C(C)(C)NC(=O)OCCCCCCP(CC)(CC)(CC)N(S(=O)(=O)C(F)(F)F)S(=O)(=O)C(F)(F)F)c1. The van der Waals surface area contributed by atoms with E-state index in [0.29, 0.717) is 12.8 Å². The van der Waals surface area contributed by atoms with Gasteiger partial charge in [0.05, 0.1) is 0 Å². The molecule has 17 heteroatoms. The van der Waals surface area contributed by atoms with Gasteiger partial charge in [0.1, 0.15) is 0 Å². The number of amides is 1. The number of sulfonamides is 2. The number of nitrogens with zero attached hydrogens (tertiary/aromatic N) is 1. The van der Waals surface area contributed by atoms with Crippen LogP contribution < -0.4 is 5.32 Å². The zero-order valence-electron chi connectivity index (χ0n) is 25.8. The van der Waals surface area contributed by atoms with Gasteiger partial charge < -0.3 is 0 Å². The van der Waals surface area contributed by atoms with Gasteiger partial charge in [-0.2, -0.15) is 0 Å². The molecule has 0 spiro atoms. The normalized spacial score (nSPS) is 14.6. The van der Waals surface area contributed by atoms with Crippen LogP contribution in [-0.2, 0) is 30.3 Å². The molecule has 8 nitrogen and oxygen atoms in total. The zero-order chi connectivity index (χ0) is 34.4. The first-order valence-electron chi connectivity index (χ1n) is 14.0. The van der Waals surface area contributed by atoms with Gasteiger partial charge in [0.15, 0.2) is 0 Å². The summed E-state index contributed by atoms with van der Waals surface area (Å²) in [5, 5.41) is 2.76. The summed E-state index contributed by atoms with van der Waals surface area (Å²) in [5.41, 5.74) is -10.8. The van der Waals surface area contributed by atoms with E-state index >= 15 is 0 Å². The van der Waals surface area contributed by atoms with E-state index in [4.69, 9.17) is 4.74 Å². The maximum absolute atomic E-state index is 13.7. The number of allylic oxidation sites excluding steroid dienone is 1. The topological polar surface area (TPSA) is 110 Å². The Morgan fingerprint density at radius 1 is 0.886 bits per heavy atom. The first kappa shape index (κ1) is 40.1. The van der Waals surface area contributed by atoms with Crippen LogP contribution >= 0.6 is 6.75 Å². The Morgan fingerprint density at radius 3 is 1.80 bits per heavy atom. The number of nitrogens with one attached hydrogen (secondary N) is 1. The molecule has 0 atom stereocenters. The fourth-order valence-corrected chi connectivity index (χ4v) is 19.2. The second kappa shape index (κ2) is 14.3. The minimum absolute atomic E-state index is 0.0380. The second-order valence-electron chi connectivity index (χ2n) is 11.3. The molecule has 0 heterocycles. The number of alkyl carbamates (subject to hydrolysis) is 1. The van der Waals surface area contributed by atoms with E-state index in [0.717, 1.165) is 16.7 Å². The molecular formula is C27H43F6N2O6PS2. The molecule has 0 unspecified atom stereocenters. The summed E-state index contributed by atoms with van der Waals surface area (Å²) in [6, 6.07) is 7.45. The first-order valence-corrected chi connectivity index (χ1v) is 19.8. The Labute approximate surface area is 256 Å².